The number of halogens is 1. The molecule has 0 saturated heterocycles. The molecule has 0 saturated carbocycles. The highest BCUT2D eigenvalue weighted by atomic mass is 35.5. The molecular formula is C19H15ClN4O4S. The number of amides is 2. The number of hydrogen-bond donors (Lipinski definition) is 1. The van der Waals surface area contributed by atoms with Crippen molar-refractivity contribution < 1.29 is 14.5 Å². The number of allylic oxidation sites excluding steroid dienone is 1. The van der Waals surface area contributed by atoms with Gasteiger partial charge >= 0.3 is 0 Å². The van der Waals surface area contributed by atoms with Crippen molar-refractivity contribution in [2.24, 2.45) is 4.99 Å². The summed E-state index contributed by atoms with van der Waals surface area (Å²) >= 11 is 7.29. The molecule has 0 aliphatic carbocycles. The molecule has 2 aromatic carbocycles. The molecule has 1 aromatic heterocycles. The van der Waals surface area contributed by atoms with Crippen molar-refractivity contribution in [2.75, 3.05) is 5.32 Å². The smallest absolute Gasteiger partial charge is 0.281 e. The highest BCUT2D eigenvalue weighted by Gasteiger charge is 2.16. The number of fused-ring (bicyclic) bond motifs is 1. The standard InChI is InChI=1S/C19H15ClN4O4S/c1-3-8-23-16-7-4-12(21-11(2)25)9-17(16)29-19(23)22-18(26)14-10-13(24(27)28)5-6-15(14)20/h3-7,9-10H,1,8H2,2H3,(H,21,25). The zero-order chi connectivity index (χ0) is 21.1. The number of rotatable bonds is 5. The van der Waals surface area contributed by atoms with Gasteiger partial charge in [0.2, 0.25) is 5.91 Å². The molecule has 0 aliphatic rings. The van der Waals surface area contributed by atoms with Gasteiger partial charge in [-0.1, -0.05) is 29.0 Å². The Morgan fingerprint density at radius 3 is 2.76 bits per heavy atom. The molecule has 8 nitrogen and oxygen atoms in total. The summed E-state index contributed by atoms with van der Waals surface area (Å²) in [7, 11) is 0. The monoisotopic (exact) mass is 430 g/mol. The lowest BCUT2D eigenvalue weighted by Gasteiger charge is -2.04. The first-order valence-corrected chi connectivity index (χ1v) is 9.54. The molecule has 0 unspecified atom stereocenters. The average Bonchev–Trinajstić information content (AvgIpc) is 2.98. The fourth-order valence-electron chi connectivity index (χ4n) is 2.68. The number of benzene rings is 2. The van der Waals surface area contributed by atoms with Gasteiger partial charge < -0.3 is 9.88 Å². The van der Waals surface area contributed by atoms with E-state index in [9.17, 15) is 19.7 Å². The number of carbonyl (C=O) groups excluding carboxylic acids is 2. The minimum Gasteiger partial charge on any atom is -0.326 e. The Morgan fingerprint density at radius 2 is 2.10 bits per heavy atom. The molecule has 0 spiro atoms. The summed E-state index contributed by atoms with van der Waals surface area (Å²) in [6.45, 7) is 5.54. The third-order valence-corrected chi connectivity index (χ3v) is 5.27. The summed E-state index contributed by atoms with van der Waals surface area (Å²) in [4.78, 5) is 38.9. The maximum Gasteiger partial charge on any atom is 0.281 e. The second-order valence-corrected chi connectivity index (χ2v) is 7.40. The van der Waals surface area contributed by atoms with Crippen LogP contribution in [-0.2, 0) is 11.3 Å². The summed E-state index contributed by atoms with van der Waals surface area (Å²) in [5.41, 5.74) is 1.13. The molecule has 0 aliphatic heterocycles. The minimum absolute atomic E-state index is 0.0533. The van der Waals surface area contributed by atoms with Crippen LogP contribution < -0.4 is 10.1 Å². The van der Waals surface area contributed by atoms with Crippen molar-refractivity contribution in [3.63, 3.8) is 0 Å². The number of nitrogens with zero attached hydrogens (tertiary/aromatic N) is 3. The number of nitro benzene ring substituents is 1. The van der Waals surface area contributed by atoms with Crippen LogP contribution in [0.1, 0.15) is 17.3 Å². The Kier molecular flexibility index (Phi) is 5.90. The quantitative estimate of drug-likeness (QED) is 0.372. The molecule has 29 heavy (non-hydrogen) atoms. The van der Waals surface area contributed by atoms with Crippen molar-refractivity contribution in [3.05, 3.63) is 74.6 Å². The predicted molar refractivity (Wildman–Crippen MR) is 112 cm³/mol. The number of aromatic nitrogens is 1. The van der Waals surface area contributed by atoms with Crippen molar-refractivity contribution in [1.29, 1.82) is 0 Å². The van der Waals surface area contributed by atoms with E-state index in [0.29, 0.717) is 17.0 Å². The van der Waals surface area contributed by atoms with Crippen LogP contribution in [0.15, 0.2) is 54.0 Å². The second kappa shape index (κ2) is 8.38. The van der Waals surface area contributed by atoms with Crippen LogP contribution in [0.4, 0.5) is 11.4 Å². The highest BCUT2D eigenvalue weighted by Crippen LogP contribution is 2.24. The van der Waals surface area contributed by atoms with Crippen LogP contribution in [0.5, 0.6) is 0 Å². The Bertz CT molecular complexity index is 1230. The lowest BCUT2D eigenvalue weighted by atomic mass is 10.2. The Hall–Kier alpha value is -3.30. The number of hydrogen-bond acceptors (Lipinski definition) is 5. The summed E-state index contributed by atoms with van der Waals surface area (Å²) < 4.78 is 2.59. The van der Waals surface area contributed by atoms with E-state index < -0.39 is 10.8 Å². The van der Waals surface area contributed by atoms with Crippen molar-refractivity contribution in [2.45, 2.75) is 13.5 Å². The summed E-state index contributed by atoms with van der Waals surface area (Å²) in [5.74, 6) is -0.884. The fraction of sp³-hybridized carbons (Fsp3) is 0.105. The Balaban J connectivity index is 2.13. The van der Waals surface area contributed by atoms with E-state index in [2.05, 4.69) is 16.9 Å². The lowest BCUT2D eigenvalue weighted by Crippen LogP contribution is -2.16. The average molecular weight is 431 g/mol. The van der Waals surface area contributed by atoms with Gasteiger partial charge in [-0.05, 0) is 24.3 Å². The molecule has 1 N–H and O–H groups in total. The first kappa shape index (κ1) is 20.4. The zero-order valence-electron chi connectivity index (χ0n) is 15.2. The molecule has 0 atom stereocenters. The van der Waals surface area contributed by atoms with Crippen LogP contribution in [-0.4, -0.2) is 21.3 Å². The van der Waals surface area contributed by atoms with Gasteiger partial charge in [-0.15, -0.1) is 6.58 Å². The van der Waals surface area contributed by atoms with E-state index in [1.165, 1.54) is 30.4 Å². The molecule has 2 amide bonds. The van der Waals surface area contributed by atoms with Gasteiger partial charge in [-0.3, -0.25) is 19.7 Å². The molecule has 0 fully saturated rings. The lowest BCUT2D eigenvalue weighted by molar-refractivity contribution is -0.384. The van der Waals surface area contributed by atoms with Crippen molar-refractivity contribution in [3.8, 4) is 0 Å². The summed E-state index contributed by atoms with van der Waals surface area (Å²) in [5, 5.41) is 13.8. The number of nitro groups is 1. The van der Waals surface area contributed by atoms with E-state index >= 15 is 0 Å². The van der Waals surface area contributed by atoms with Gasteiger partial charge in [0.05, 0.1) is 25.7 Å². The van der Waals surface area contributed by atoms with Crippen LogP contribution in [0.25, 0.3) is 10.2 Å². The molecule has 10 heteroatoms. The molecule has 3 aromatic rings. The molecule has 3 rings (SSSR count). The number of nitrogens with one attached hydrogen (secondary N) is 1. The first-order valence-electron chi connectivity index (χ1n) is 8.35. The Labute approximate surface area is 173 Å². The SMILES string of the molecule is C=CCn1c(=NC(=O)c2cc([N+](=O)[O-])ccc2Cl)sc2cc(NC(C)=O)ccc21. The van der Waals surface area contributed by atoms with Crippen LogP contribution >= 0.6 is 22.9 Å². The van der Waals surface area contributed by atoms with Crippen molar-refractivity contribution >= 4 is 56.3 Å². The van der Waals surface area contributed by atoms with E-state index in [1.54, 1.807) is 22.8 Å². The van der Waals surface area contributed by atoms with Gasteiger partial charge in [0.1, 0.15) is 0 Å². The van der Waals surface area contributed by atoms with Crippen molar-refractivity contribution in [1.82, 2.24) is 4.57 Å². The minimum atomic E-state index is -0.690. The number of thiazole rings is 1. The maximum atomic E-state index is 12.7. The van der Waals surface area contributed by atoms with Gasteiger partial charge in [0, 0.05) is 31.3 Å². The first-order chi connectivity index (χ1) is 13.8. The molecule has 148 valence electrons. The highest BCUT2D eigenvalue weighted by molar-refractivity contribution is 7.16. The van der Waals surface area contributed by atoms with Crippen LogP contribution in [0.2, 0.25) is 5.02 Å². The second-order valence-electron chi connectivity index (χ2n) is 5.99. The number of carbonyl (C=O) groups is 2. The topological polar surface area (TPSA) is 107 Å². The van der Waals surface area contributed by atoms with E-state index in [0.717, 1.165) is 16.3 Å². The zero-order valence-corrected chi connectivity index (χ0v) is 16.8. The third kappa shape index (κ3) is 4.41. The number of anilines is 1. The van der Waals surface area contributed by atoms with E-state index in [4.69, 9.17) is 11.6 Å². The third-order valence-electron chi connectivity index (χ3n) is 3.90. The number of non-ortho nitro benzene ring substituents is 1. The predicted octanol–water partition coefficient (Wildman–Crippen LogP) is 4.15. The summed E-state index contributed by atoms with van der Waals surface area (Å²) in [6, 6.07) is 8.97. The molecule has 0 bridgehead atoms. The normalized spacial score (nSPS) is 11.4. The molecule has 1 heterocycles. The van der Waals surface area contributed by atoms with Gasteiger partial charge in [0.25, 0.3) is 11.6 Å². The maximum absolute atomic E-state index is 12.7. The summed E-state index contributed by atoms with van der Waals surface area (Å²) in [6.07, 6.45) is 1.66. The molecular weight excluding hydrogens is 416 g/mol. The van der Waals surface area contributed by atoms with E-state index in [1.807, 2.05) is 6.07 Å². The Morgan fingerprint density at radius 1 is 1.34 bits per heavy atom. The van der Waals surface area contributed by atoms with Gasteiger partial charge in [0.15, 0.2) is 4.80 Å². The molecule has 0 radical (unpaired) electrons. The van der Waals surface area contributed by atoms with Crippen LogP contribution in [0, 0.1) is 10.1 Å². The largest absolute Gasteiger partial charge is 0.326 e. The van der Waals surface area contributed by atoms with Gasteiger partial charge in [-0.25, -0.2) is 0 Å². The van der Waals surface area contributed by atoms with Gasteiger partial charge in [-0.2, -0.15) is 4.99 Å². The van der Waals surface area contributed by atoms with Crippen LogP contribution in [0.3, 0.4) is 0 Å². The fourth-order valence-corrected chi connectivity index (χ4v) is 3.96. The van der Waals surface area contributed by atoms with E-state index in [-0.39, 0.29) is 22.2 Å².